The molecule has 2 N–H and O–H groups in total. The summed E-state index contributed by atoms with van der Waals surface area (Å²) in [5, 5.41) is 18.8. The molecule has 2 rings (SSSR count). The summed E-state index contributed by atoms with van der Waals surface area (Å²) >= 11 is 0. The van der Waals surface area contributed by atoms with Crippen molar-refractivity contribution in [2.24, 2.45) is 7.05 Å². The van der Waals surface area contributed by atoms with E-state index in [0.29, 0.717) is 6.42 Å². The number of rotatable bonds is 2. The van der Waals surface area contributed by atoms with E-state index in [1.54, 1.807) is 0 Å². The first-order chi connectivity index (χ1) is 6.51. The maximum absolute atomic E-state index is 10.6. The molecule has 0 aliphatic heterocycles. The van der Waals surface area contributed by atoms with Gasteiger partial charge in [0.2, 0.25) is 0 Å². The molecule has 1 aromatic rings. The smallest absolute Gasteiger partial charge is 0.306 e. The largest absolute Gasteiger partial charge is 0.481 e. The molecule has 14 heavy (non-hydrogen) atoms. The van der Waals surface area contributed by atoms with Crippen LogP contribution in [-0.4, -0.2) is 20.7 Å². The summed E-state index contributed by atoms with van der Waals surface area (Å²) in [7, 11) is 1.87. The molecule has 4 nitrogen and oxygen atoms in total. The summed E-state index contributed by atoms with van der Waals surface area (Å²) in [5.41, 5.74) is 0.696. The predicted molar refractivity (Wildman–Crippen MR) is 49.9 cm³/mol. The van der Waals surface area contributed by atoms with Gasteiger partial charge >= 0.3 is 5.97 Å². The molecule has 1 aliphatic carbocycles. The van der Waals surface area contributed by atoms with E-state index in [4.69, 9.17) is 5.11 Å². The molecule has 0 radical (unpaired) electrons. The van der Waals surface area contributed by atoms with Crippen LogP contribution in [0.5, 0.6) is 0 Å². The topological polar surface area (TPSA) is 62.5 Å². The summed E-state index contributed by atoms with van der Waals surface area (Å²) in [6.07, 6.45) is 4.83. The van der Waals surface area contributed by atoms with Gasteiger partial charge in [-0.2, -0.15) is 0 Å². The average Bonchev–Trinajstić information content (AvgIpc) is 2.52. The lowest BCUT2D eigenvalue weighted by molar-refractivity contribution is -0.142. The van der Waals surface area contributed by atoms with E-state index in [0.717, 1.165) is 17.5 Å². The van der Waals surface area contributed by atoms with Crippen LogP contribution in [0.3, 0.4) is 0 Å². The highest BCUT2D eigenvalue weighted by Gasteiger charge is 2.39. The SMILES string of the molecule is Cn1cc2c(c1)C(O)(CC(=O)O)CC2. The first kappa shape index (κ1) is 9.27. The fraction of sp³-hybridized carbons (Fsp3) is 0.500. The van der Waals surface area contributed by atoms with E-state index in [9.17, 15) is 9.90 Å². The Bertz CT molecular complexity index is 383. The number of aliphatic hydroxyl groups is 1. The third kappa shape index (κ3) is 1.32. The second-order valence-electron chi connectivity index (χ2n) is 3.96. The lowest BCUT2D eigenvalue weighted by Gasteiger charge is -2.20. The number of hydrogen-bond acceptors (Lipinski definition) is 2. The van der Waals surface area contributed by atoms with Crippen molar-refractivity contribution in [3.05, 3.63) is 23.5 Å². The Morgan fingerprint density at radius 3 is 3.00 bits per heavy atom. The monoisotopic (exact) mass is 195 g/mol. The van der Waals surface area contributed by atoms with Crippen LogP contribution in [0.25, 0.3) is 0 Å². The zero-order valence-electron chi connectivity index (χ0n) is 8.03. The van der Waals surface area contributed by atoms with Crippen molar-refractivity contribution in [3.8, 4) is 0 Å². The highest BCUT2D eigenvalue weighted by molar-refractivity contribution is 5.69. The summed E-state index contributed by atoms with van der Waals surface area (Å²) in [4.78, 5) is 10.6. The van der Waals surface area contributed by atoms with Crippen LogP contribution in [0.4, 0.5) is 0 Å². The molecule has 0 aromatic carbocycles. The normalized spacial score (nSPS) is 25.0. The number of carboxylic acid groups (broad SMARTS) is 1. The van der Waals surface area contributed by atoms with Gasteiger partial charge in [-0.3, -0.25) is 4.79 Å². The first-order valence-corrected chi connectivity index (χ1v) is 4.61. The van der Waals surface area contributed by atoms with Crippen LogP contribution >= 0.6 is 0 Å². The molecule has 1 aliphatic rings. The van der Waals surface area contributed by atoms with Gasteiger partial charge in [0.25, 0.3) is 0 Å². The molecule has 1 atom stereocenters. The van der Waals surface area contributed by atoms with Crippen LogP contribution < -0.4 is 0 Å². The van der Waals surface area contributed by atoms with Crippen LogP contribution in [0.15, 0.2) is 12.4 Å². The summed E-state index contributed by atoms with van der Waals surface area (Å²) in [5.74, 6) is -0.954. The summed E-state index contributed by atoms with van der Waals surface area (Å²) in [6, 6.07) is 0. The van der Waals surface area contributed by atoms with E-state index >= 15 is 0 Å². The number of aromatic nitrogens is 1. The second-order valence-corrected chi connectivity index (χ2v) is 3.96. The van der Waals surface area contributed by atoms with Gasteiger partial charge in [-0.25, -0.2) is 0 Å². The maximum atomic E-state index is 10.6. The van der Waals surface area contributed by atoms with Crippen molar-refractivity contribution in [2.75, 3.05) is 0 Å². The third-order valence-corrected chi connectivity index (χ3v) is 2.79. The van der Waals surface area contributed by atoms with Gasteiger partial charge in [0, 0.05) is 25.0 Å². The lowest BCUT2D eigenvalue weighted by atomic mass is 9.94. The highest BCUT2D eigenvalue weighted by atomic mass is 16.4. The van der Waals surface area contributed by atoms with Gasteiger partial charge < -0.3 is 14.8 Å². The number of hydrogen-bond donors (Lipinski definition) is 2. The molecule has 1 unspecified atom stereocenters. The fourth-order valence-electron chi connectivity index (χ4n) is 2.17. The van der Waals surface area contributed by atoms with Crippen LogP contribution in [0.1, 0.15) is 24.0 Å². The summed E-state index contributed by atoms with van der Waals surface area (Å²) in [6.45, 7) is 0. The molecular formula is C10H13NO3. The Hall–Kier alpha value is -1.29. The molecule has 0 amide bonds. The Labute approximate surface area is 81.8 Å². The van der Waals surface area contributed by atoms with Gasteiger partial charge in [0.15, 0.2) is 0 Å². The van der Waals surface area contributed by atoms with E-state index in [1.165, 1.54) is 0 Å². The van der Waals surface area contributed by atoms with Crippen molar-refractivity contribution in [2.45, 2.75) is 24.9 Å². The van der Waals surface area contributed by atoms with Crippen molar-refractivity contribution in [1.29, 1.82) is 0 Å². The number of fused-ring (bicyclic) bond motifs is 1. The molecule has 0 bridgehead atoms. The van der Waals surface area contributed by atoms with E-state index < -0.39 is 11.6 Å². The number of aliphatic carboxylic acids is 1. The number of aryl methyl sites for hydroxylation is 2. The molecular weight excluding hydrogens is 182 g/mol. The van der Waals surface area contributed by atoms with Crippen LogP contribution in [0, 0.1) is 0 Å². The zero-order valence-corrected chi connectivity index (χ0v) is 8.03. The molecule has 1 heterocycles. The van der Waals surface area contributed by atoms with Crippen molar-refractivity contribution < 1.29 is 15.0 Å². The molecule has 1 aromatic heterocycles. The number of carbonyl (C=O) groups is 1. The number of carboxylic acids is 1. The van der Waals surface area contributed by atoms with Gasteiger partial charge in [-0.05, 0) is 18.4 Å². The maximum Gasteiger partial charge on any atom is 0.306 e. The van der Waals surface area contributed by atoms with E-state index in [-0.39, 0.29) is 6.42 Å². The Kier molecular flexibility index (Phi) is 1.89. The Morgan fingerprint density at radius 1 is 1.64 bits per heavy atom. The zero-order chi connectivity index (χ0) is 10.3. The second kappa shape index (κ2) is 2.85. The molecule has 0 saturated heterocycles. The first-order valence-electron chi connectivity index (χ1n) is 4.61. The minimum absolute atomic E-state index is 0.204. The Balaban J connectivity index is 2.35. The van der Waals surface area contributed by atoms with Gasteiger partial charge in [0.05, 0.1) is 6.42 Å². The minimum atomic E-state index is -1.15. The fourth-order valence-corrected chi connectivity index (χ4v) is 2.17. The van der Waals surface area contributed by atoms with Crippen molar-refractivity contribution in [3.63, 3.8) is 0 Å². The van der Waals surface area contributed by atoms with E-state index in [2.05, 4.69) is 0 Å². The molecule has 76 valence electrons. The van der Waals surface area contributed by atoms with E-state index in [1.807, 2.05) is 24.0 Å². The summed E-state index contributed by atoms with van der Waals surface area (Å²) < 4.78 is 1.86. The molecule has 0 saturated carbocycles. The van der Waals surface area contributed by atoms with Gasteiger partial charge in [0.1, 0.15) is 5.60 Å². The molecule has 4 heteroatoms. The molecule has 0 spiro atoms. The van der Waals surface area contributed by atoms with Crippen molar-refractivity contribution in [1.82, 2.24) is 4.57 Å². The predicted octanol–water partition coefficient (Wildman–Crippen LogP) is 0.634. The molecule has 0 fully saturated rings. The quantitative estimate of drug-likeness (QED) is 0.727. The van der Waals surface area contributed by atoms with Gasteiger partial charge in [-0.15, -0.1) is 0 Å². The Morgan fingerprint density at radius 2 is 2.36 bits per heavy atom. The lowest BCUT2D eigenvalue weighted by Crippen LogP contribution is -2.25. The van der Waals surface area contributed by atoms with Crippen molar-refractivity contribution >= 4 is 5.97 Å². The van der Waals surface area contributed by atoms with Gasteiger partial charge in [-0.1, -0.05) is 0 Å². The van der Waals surface area contributed by atoms with Crippen LogP contribution in [0.2, 0.25) is 0 Å². The third-order valence-electron chi connectivity index (χ3n) is 2.79. The van der Waals surface area contributed by atoms with Crippen LogP contribution in [-0.2, 0) is 23.9 Å². The minimum Gasteiger partial charge on any atom is -0.481 e. The highest BCUT2D eigenvalue weighted by Crippen LogP contribution is 2.39. The standard InChI is InChI=1S/C10H13NO3/c1-11-5-7-2-3-10(14,4-9(12)13)8(7)6-11/h5-6,14H,2-4H2,1H3,(H,12,13). The number of nitrogens with zero attached hydrogens (tertiary/aromatic N) is 1. The average molecular weight is 195 g/mol.